The molecule has 3 aromatic carbocycles. The number of hydrogen-bond donors (Lipinski definition) is 2. The predicted octanol–water partition coefficient (Wildman–Crippen LogP) is 4.65. The van der Waals surface area contributed by atoms with Gasteiger partial charge in [0.05, 0.1) is 5.92 Å². The third kappa shape index (κ3) is 4.86. The summed E-state index contributed by atoms with van der Waals surface area (Å²) >= 11 is 0. The number of nitrogens with one attached hydrogen (secondary N) is 2. The zero-order valence-corrected chi connectivity index (χ0v) is 17.2. The lowest BCUT2D eigenvalue weighted by Gasteiger charge is -2.32. The van der Waals surface area contributed by atoms with E-state index in [1.165, 1.54) is 23.3 Å². The van der Waals surface area contributed by atoms with Crippen LogP contribution in [0.5, 0.6) is 0 Å². The van der Waals surface area contributed by atoms with Gasteiger partial charge in [-0.3, -0.25) is 14.5 Å². The molecular weight excluding hydrogens is 374 g/mol. The fourth-order valence-corrected chi connectivity index (χ4v) is 4.21. The topological polar surface area (TPSA) is 61.4 Å². The SMILES string of the molecule is CC(=O)Nc1cccc(NC(=O)C2CCCN(Cc3cccc4ccccc34)C2)c1. The van der Waals surface area contributed by atoms with Gasteiger partial charge >= 0.3 is 0 Å². The number of carbonyl (C=O) groups is 2. The molecule has 30 heavy (non-hydrogen) atoms. The minimum absolute atomic E-state index is 0.0394. The summed E-state index contributed by atoms with van der Waals surface area (Å²) in [5, 5.41) is 8.30. The zero-order valence-electron chi connectivity index (χ0n) is 17.2. The summed E-state index contributed by atoms with van der Waals surface area (Å²) in [4.78, 5) is 26.5. The Hall–Kier alpha value is -3.18. The Morgan fingerprint density at radius 1 is 0.967 bits per heavy atom. The smallest absolute Gasteiger partial charge is 0.228 e. The van der Waals surface area contributed by atoms with E-state index in [4.69, 9.17) is 0 Å². The second-order valence-electron chi connectivity index (χ2n) is 7.96. The molecule has 0 bridgehead atoms. The molecule has 1 aliphatic heterocycles. The first kappa shape index (κ1) is 20.1. The third-order valence-corrected chi connectivity index (χ3v) is 5.60. The van der Waals surface area contributed by atoms with Crippen molar-refractivity contribution in [1.29, 1.82) is 0 Å². The molecule has 0 aromatic heterocycles. The highest BCUT2D eigenvalue weighted by molar-refractivity contribution is 5.94. The van der Waals surface area contributed by atoms with E-state index in [1.54, 1.807) is 6.07 Å². The van der Waals surface area contributed by atoms with Crippen molar-refractivity contribution in [2.45, 2.75) is 26.3 Å². The van der Waals surface area contributed by atoms with Gasteiger partial charge in [0, 0.05) is 31.4 Å². The predicted molar refractivity (Wildman–Crippen MR) is 121 cm³/mol. The van der Waals surface area contributed by atoms with E-state index in [0.29, 0.717) is 11.4 Å². The van der Waals surface area contributed by atoms with Crippen LogP contribution >= 0.6 is 0 Å². The van der Waals surface area contributed by atoms with Gasteiger partial charge in [-0.25, -0.2) is 0 Å². The average molecular weight is 402 g/mol. The molecule has 0 aliphatic carbocycles. The van der Waals surface area contributed by atoms with E-state index in [2.05, 4.69) is 58.0 Å². The summed E-state index contributed by atoms with van der Waals surface area (Å²) in [5.74, 6) is -0.134. The Kier molecular flexibility index (Phi) is 6.10. The van der Waals surface area contributed by atoms with Crippen LogP contribution in [0.2, 0.25) is 0 Å². The van der Waals surface area contributed by atoms with Crippen LogP contribution in [0.4, 0.5) is 11.4 Å². The Labute approximate surface area is 177 Å². The maximum atomic E-state index is 12.9. The molecule has 1 saturated heterocycles. The highest BCUT2D eigenvalue weighted by Gasteiger charge is 2.26. The normalized spacial score (nSPS) is 16.9. The number of piperidine rings is 1. The summed E-state index contributed by atoms with van der Waals surface area (Å²) in [6.45, 7) is 4.08. The van der Waals surface area contributed by atoms with Gasteiger partial charge in [0.1, 0.15) is 0 Å². The van der Waals surface area contributed by atoms with Crippen molar-refractivity contribution in [2.75, 3.05) is 23.7 Å². The van der Waals surface area contributed by atoms with Crippen molar-refractivity contribution in [3.8, 4) is 0 Å². The van der Waals surface area contributed by atoms with Gasteiger partial charge in [0.15, 0.2) is 0 Å². The van der Waals surface area contributed by atoms with Gasteiger partial charge in [-0.05, 0) is 53.9 Å². The van der Waals surface area contributed by atoms with Crippen LogP contribution < -0.4 is 10.6 Å². The number of carbonyl (C=O) groups excluding carboxylic acids is 2. The van der Waals surface area contributed by atoms with E-state index in [-0.39, 0.29) is 17.7 Å². The van der Waals surface area contributed by atoms with Crippen molar-refractivity contribution >= 4 is 34.0 Å². The first-order chi connectivity index (χ1) is 14.6. The fraction of sp³-hybridized carbons (Fsp3) is 0.280. The summed E-state index contributed by atoms with van der Waals surface area (Å²) in [6, 6.07) is 22.1. The van der Waals surface area contributed by atoms with Crippen LogP contribution in [-0.4, -0.2) is 29.8 Å². The molecule has 154 valence electrons. The summed E-state index contributed by atoms with van der Waals surface area (Å²) in [5.41, 5.74) is 2.69. The Morgan fingerprint density at radius 3 is 2.53 bits per heavy atom. The highest BCUT2D eigenvalue weighted by atomic mass is 16.2. The second-order valence-corrected chi connectivity index (χ2v) is 7.96. The van der Waals surface area contributed by atoms with Crippen LogP contribution in [0, 0.1) is 5.92 Å². The molecule has 1 unspecified atom stereocenters. The molecule has 1 heterocycles. The average Bonchev–Trinajstić information content (AvgIpc) is 2.74. The molecule has 4 rings (SSSR count). The quantitative estimate of drug-likeness (QED) is 0.654. The number of likely N-dealkylation sites (tertiary alicyclic amines) is 1. The standard InChI is InChI=1S/C25H27N3O2/c1-18(29)26-22-11-5-12-23(15-22)27-25(30)21-10-6-14-28(17-21)16-20-9-4-8-19-7-2-3-13-24(19)20/h2-5,7-9,11-13,15,21H,6,10,14,16-17H2,1H3,(H,26,29)(H,27,30). The van der Waals surface area contributed by atoms with Crippen LogP contribution in [0.3, 0.4) is 0 Å². The number of anilines is 2. The fourth-order valence-electron chi connectivity index (χ4n) is 4.21. The highest BCUT2D eigenvalue weighted by Crippen LogP contribution is 2.24. The van der Waals surface area contributed by atoms with Gasteiger partial charge < -0.3 is 10.6 Å². The lowest BCUT2D eigenvalue weighted by Crippen LogP contribution is -2.40. The van der Waals surface area contributed by atoms with Crippen molar-refractivity contribution in [3.05, 3.63) is 72.3 Å². The maximum absolute atomic E-state index is 12.9. The molecule has 0 radical (unpaired) electrons. The van der Waals surface area contributed by atoms with E-state index in [9.17, 15) is 9.59 Å². The van der Waals surface area contributed by atoms with Crippen molar-refractivity contribution in [3.63, 3.8) is 0 Å². The van der Waals surface area contributed by atoms with Crippen LogP contribution in [0.1, 0.15) is 25.3 Å². The molecule has 2 N–H and O–H groups in total. The number of nitrogens with zero attached hydrogens (tertiary/aromatic N) is 1. The minimum Gasteiger partial charge on any atom is -0.326 e. The molecule has 5 heteroatoms. The van der Waals surface area contributed by atoms with E-state index >= 15 is 0 Å². The maximum Gasteiger partial charge on any atom is 0.228 e. The summed E-state index contributed by atoms with van der Waals surface area (Å²) in [7, 11) is 0. The number of benzene rings is 3. The zero-order chi connectivity index (χ0) is 20.9. The van der Waals surface area contributed by atoms with Crippen molar-refractivity contribution < 1.29 is 9.59 Å². The number of rotatable bonds is 5. The monoisotopic (exact) mass is 401 g/mol. The van der Waals surface area contributed by atoms with Gasteiger partial charge in [-0.15, -0.1) is 0 Å². The van der Waals surface area contributed by atoms with Gasteiger partial charge in [-0.2, -0.15) is 0 Å². The molecular formula is C25H27N3O2. The van der Waals surface area contributed by atoms with Crippen LogP contribution in [0.15, 0.2) is 66.7 Å². The Morgan fingerprint density at radius 2 is 1.70 bits per heavy atom. The molecule has 1 atom stereocenters. The Bertz CT molecular complexity index is 1060. The third-order valence-electron chi connectivity index (χ3n) is 5.60. The molecule has 0 spiro atoms. The van der Waals surface area contributed by atoms with Crippen LogP contribution in [-0.2, 0) is 16.1 Å². The minimum atomic E-state index is -0.130. The summed E-state index contributed by atoms with van der Waals surface area (Å²) < 4.78 is 0. The number of fused-ring (bicyclic) bond motifs is 1. The van der Waals surface area contributed by atoms with Gasteiger partial charge in [0.2, 0.25) is 11.8 Å². The van der Waals surface area contributed by atoms with E-state index in [1.807, 2.05) is 18.2 Å². The molecule has 3 aromatic rings. The lowest BCUT2D eigenvalue weighted by atomic mass is 9.96. The molecule has 1 aliphatic rings. The molecule has 0 saturated carbocycles. The second kappa shape index (κ2) is 9.09. The molecule has 5 nitrogen and oxygen atoms in total. The molecule has 1 fully saturated rings. The molecule has 2 amide bonds. The van der Waals surface area contributed by atoms with E-state index in [0.717, 1.165) is 32.5 Å². The number of amides is 2. The largest absolute Gasteiger partial charge is 0.326 e. The lowest BCUT2D eigenvalue weighted by molar-refractivity contribution is -0.121. The van der Waals surface area contributed by atoms with Crippen molar-refractivity contribution in [2.24, 2.45) is 5.92 Å². The number of hydrogen-bond acceptors (Lipinski definition) is 3. The van der Waals surface area contributed by atoms with Gasteiger partial charge in [-0.1, -0.05) is 48.5 Å². The van der Waals surface area contributed by atoms with Crippen molar-refractivity contribution in [1.82, 2.24) is 4.90 Å². The van der Waals surface area contributed by atoms with Crippen LogP contribution in [0.25, 0.3) is 10.8 Å². The Balaban J connectivity index is 1.41. The van der Waals surface area contributed by atoms with E-state index < -0.39 is 0 Å². The van der Waals surface area contributed by atoms with Gasteiger partial charge in [0.25, 0.3) is 0 Å². The first-order valence-electron chi connectivity index (χ1n) is 10.5. The first-order valence-corrected chi connectivity index (χ1v) is 10.5. The summed E-state index contributed by atoms with van der Waals surface area (Å²) in [6.07, 6.45) is 1.90.